The van der Waals surface area contributed by atoms with E-state index in [1.165, 1.54) is 7.11 Å². The summed E-state index contributed by atoms with van der Waals surface area (Å²) in [6, 6.07) is 15.1. The molecule has 0 spiro atoms. The average molecular weight is 353 g/mol. The number of nitrogens with zero attached hydrogens (tertiary/aromatic N) is 2. The minimum atomic E-state index is -0.505. The minimum absolute atomic E-state index is 0.0991. The van der Waals surface area contributed by atoms with Crippen LogP contribution in [0.3, 0.4) is 0 Å². The van der Waals surface area contributed by atoms with Crippen molar-refractivity contribution in [1.29, 1.82) is 0 Å². The molecule has 0 aliphatic rings. The Balaban J connectivity index is 1.66. The van der Waals surface area contributed by atoms with Crippen molar-refractivity contribution < 1.29 is 18.7 Å². The summed E-state index contributed by atoms with van der Waals surface area (Å²) < 4.78 is 15.9. The molecule has 7 nitrogen and oxygen atoms in total. The third-order valence-electron chi connectivity index (χ3n) is 3.79. The molecule has 1 aromatic heterocycles. The first-order valence-corrected chi connectivity index (χ1v) is 8.09. The van der Waals surface area contributed by atoms with Gasteiger partial charge in [-0.2, -0.15) is 0 Å². The summed E-state index contributed by atoms with van der Waals surface area (Å²) in [5.74, 6) is 0.905. The Hall–Kier alpha value is -3.35. The minimum Gasteiger partial charge on any atom is -0.497 e. The van der Waals surface area contributed by atoms with E-state index in [0.717, 1.165) is 12.0 Å². The molecule has 0 atom stereocenters. The molecule has 1 heterocycles. The Morgan fingerprint density at radius 1 is 1.04 bits per heavy atom. The van der Waals surface area contributed by atoms with Crippen molar-refractivity contribution in [2.45, 2.75) is 12.8 Å². The molecule has 0 aliphatic heterocycles. The maximum absolute atomic E-state index is 12.4. The largest absolute Gasteiger partial charge is 0.497 e. The van der Waals surface area contributed by atoms with Crippen LogP contribution in [0, 0.1) is 0 Å². The van der Waals surface area contributed by atoms with Crippen molar-refractivity contribution in [2.75, 3.05) is 19.5 Å². The van der Waals surface area contributed by atoms with E-state index in [2.05, 4.69) is 15.5 Å². The van der Waals surface area contributed by atoms with Crippen molar-refractivity contribution in [3.05, 3.63) is 65.9 Å². The smallest absolute Gasteiger partial charge is 0.313 e. The predicted molar refractivity (Wildman–Crippen MR) is 95.6 cm³/mol. The van der Waals surface area contributed by atoms with Crippen LogP contribution in [0.15, 0.2) is 52.9 Å². The topological polar surface area (TPSA) is 86.5 Å². The number of hydrogen-bond acceptors (Lipinski definition) is 6. The monoisotopic (exact) mass is 353 g/mol. The average Bonchev–Trinajstić information content (AvgIpc) is 3.16. The number of anilines is 1. The number of methoxy groups -OCH3 is 2. The van der Waals surface area contributed by atoms with Gasteiger partial charge in [0, 0.05) is 12.5 Å². The molecular weight excluding hydrogens is 334 g/mol. The maximum atomic E-state index is 12.4. The van der Waals surface area contributed by atoms with Gasteiger partial charge in [-0.25, -0.2) is 0 Å². The van der Waals surface area contributed by atoms with Gasteiger partial charge in [0.2, 0.25) is 5.89 Å². The lowest BCUT2D eigenvalue weighted by Crippen LogP contribution is -2.13. The molecule has 1 N–H and O–H groups in total. The molecule has 0 aliphatic carbocycles. The second kappa shape index (κ2) is 8.15. The van der Waals surface area contributed by atoms with Crippen LogP contribution in [0.4, 0.5) is 5.69 Å². The molecule has 0 saturated carbocycles. The molecule has 0 fully saturated rings. The normalized spacial score (nSPS) is 10.4. The lowest BCUT2D eigenvalue weighted by molar-refractivity contribution is 0.0988. The zero-order chi connectivity index (χ0) is 18.4. The lowest BCUT2D eigenvalue weighted by Gasteiger charge is -2.10. The maximum Gasteiger partial charge on any atom is 0.313 e. The number of aromatic nitrogens is 2. The summed E-state index contributed by atoms with van der Waals surface area (Å²) in [5, 5.41) is 10.5. The molecule has 3 rings (SSSR count). The van der Waals surface area contributed by atoms with Gasteiger partial charge in [0.15, 0.2) is 0 Å². The summed E-state index contributed by atoms with van der Waals surface area (Å²) in [6.45, 7) is 0. The zero-order valence-electron chi connectivity index (χ0n) is 14.6. The van der Waals surface area contributed by atoms with E-state index in [-0.39, 0.29) is 5.89 Å². The molecule has 0 radical (unpaired) electrons. The fraction of sp³-hybridized carbons (Fsp3) is 0.211. The highest BCUT2D eigenvalue weighted by atomic mass is 16.5. The van der Waals surface area contributed by atoms with Crippen LogP contribution >= 0.6 is 0 Å². The van der Waals surface area contributed by atoms with E-state index >= 15 is 0 Å². The predicted octanol–water partition coefficient (Wildman–Crippen LogP) is 3.12. The van der Waals surface area contributed by atoms with E-state index in [4.69, 9.17) is 13.9 Å². The molecule has 0 saturated heterocycles. The first-order valence-electron chi connectivity index (χ1n) is 8.09. The molecule has 3 aromatic rings. The number of rotatable bonds is 7. The number of carbonyl (C=O) groups excluding carboxylic acids is 1. The van der Waals surface area contributed by atoms with Gasteiger partial charge in [0.1, 0.15) is 11.5 Å². The van der Waals surface area contributed by atoms with Crippen molar-refractivity contribution in [2.24, 2.45) is 0 Å². The highest BCUT2D eigenvalue weighted by Crippen LogP contribution is 2.29. The highest BCUT2D eigenvalue weighted by molar-refractivity contribution is 6.01. The molecule has 0 bridgehead atoms. The molecule has 2 aromatic carbocycles. The summed E-state index contributed by atoms with van der Waals surface area (Å²) in [7, 11) is 3.07. The Morgan fingerprint density at radius 2 is 1.85 bits per heavy atom. The first kappa shape index (κ1) is 17.5. The fourth-order valence-electron chi connectivity index (χ4n) is 2.43. The van der Waals surface area contributed by atoms with Gasteiger partial charge in [-0.05, 0) is 24.1 Å². The highest BCUT2D eigenvalue weighted by Gasteiger charge is 2.17. The third-order valence-corrected chi connectivity index (χ3v) is 3.79. The van der Waals surface area contributed by atoms with Gasteiger partial charge < -0.3 is 19.2 Å². The van der Waals surface area contributed by atoms with Crippen LogP contribution in [0.1, 0.15) is 22.1 Å². The number of amides is 1. The van der Waals surface area contributed by atoms with Gasteiger partial charge in [0.25, 0.3) is 0 Å². The Kier molecular flexibility index (Phi) is 5.48. The number of aryl methyl sites for hydroxylation is 2. The quantitative estimate of drug-likeness (QED) is 0.702. The molecule has 7 heteroatoms. The van der Waals surface area contributed by atoms with E-state index in [0.29, 0.717) is 29.5 Å². The van der Waals surface area contributed by atoms with E-state index < -0.39 is 5.91 Å². The van der Waals surface area contributed by atoms with Crippen LogP contribution in [0.25, 0.3) is 0 Å². The van der Waals surface area contributed by atoms with Crippen LogP contribution in [0.5, 0.6) is 11.5 Å². The zero-order valence-corrected chi connectivity index (χ0v) is 14.6. The summed E-state index contributed by atoms with van der Waals surface area (Å²) >= 11 is 0. The number of nitrogens with one attached hydrogen (secondary N) is 1. The van der Waals surface area contributed by atoms with Crippen molar-refractivity contribution in [1.82, 2.24) is 10.2 Å². The SMILES string of the molecule is COc1ccc(OC)c(NC(=O)c2nnc(CCc3ccccc3)o2)c1. The second-order valence-electron chi connectivity index (χ2n) is 5.51. The standard InChI is InChI=1S/C19H19N3O4/c1-24-14-9-10-16(25-2)15(12-14)20-18(23)19-22-21-17(26-19)11-8-13-6-4-3-5-7-13/h3-7,9-10,12H,8,11H2,1-2H3,(H,20,23). The second-order valence-corrected chi connectivity index (χ2v) is 5.51. The van der Waals surface area contributed by atoms with Gasteiger partial charge >= 0.3 is 11.8 Å². The van der Waals surface area contributed by atoms with Crippen molar-refractivity contribution in [3.63, 3.8) is 0 Å². The van der Waals surface area contributed by atoms with E-state index in [1.54, 1.807) is 25.3 Å². The van der Waals surface area contributed by atoms with Gasteiger partial charge in [0.05, 0.1) is 19.9 Å². The lowest BCUT2D eigenvalue weighted by atomic mass is 10.1. The van der Waals surface area contributed by atoms with Crippen LogP contribution in [-0.2, 0) is 12.8 Å². The Morgan fingerprint density at radius 3 is 2.58 bits per heavy atom. The van der Waals surface area contributed by atoms with Gasteiger partial charge in [-0.15, -0.1) is 10.2 Å². The summed E-state index contributed by atoms with van der Waals surface area (Å²) in [4.78, 5) is 12.4. The number of ether oxygens (including phenoxy) is 2. The first-order chi connectivity index (χ1) is 12.7. The Bertz CT molecular complexity index is 878. The summed E-state index contributed by atoms with van der Waals surface area (Å²) in [5.41, 5.74) is 1.62. The fourth-order valence-corrected chi connectivity index (χ4v) is 2.43. The molecule has 1 amide bonds. The van der Waals surface area contributed by atoms with Crippen LogP contribution in [-0.4, -0.2) is 30.3 Å². The van der Waals surface area contributed by atoms with Gasteiger partial charge in [-0.1, -0.05) is 30.3 Å². The molecule has 0 unspecified atom stereocenters. The van der Waals surface area contributed by atoms with E-state index in [1.807, 2.05) is 30.3 Å². The number of carbonyl (C=O) groups is 1. The number of hydrogen-bond donors (Lipinski definition) is 1. The van der Waals surface area contributed by atoms with Gasteiger partial charge in [-0.3, -0.25) is 4.79 Å². The number of benzene rings is 2. The van der Waals surface area contributed by atoms with E-state index in [9.17, 15) is 4.79 Å². The Labute approximate surface area is 151 Å². The van der Waals surface area contributed by atoms with Crippen molar-refractivity contribution in [3.8, 4) is 11.5 Å². The van der Waals surface area contributed by atoms with Crippen LogP contribution in [0.2, 0.25) is 0 Å². The summed E-state index contributed by atoms with van der Waals surface area (Å²) in [6.07, 6.45) is 1.32. The molecular formula is C19H19N3O4. The molecule has 134 valence electrons. The van der Waals surface area contributed by atoms with Crippen LogP contribution < -0.4 is 14.8 Å². The molecule has 26 heavy (non-hydrogen) atoms. The van der Waals surface area contributed by atoms with Crippen molar-refractivity contribution >= 4 is 11.6 Å². The third kappa shape index (κ3) is 4.18.